The number of anilines is 1. The highest BCUT2D eigenvalue weighted by atomic mass is 16.5. The molecular formula is C26H23N3O4. The van der Waals surface area contributed by atoms with Crippen LogP contribution < -0.4 is 14.4 Å². The summed E-state index contributed by atoms with van der Waals surface area (Å²) in [6, 6.07) is 20.5. The summed E-state index contributed by atoms with van der Waals surface area (Å²) in [5.74, 6) is 0.883. The zero-order chi connectivity index (χ0) is 22.8. The second kappa shape index (κ2) is 8.78. The third-order valence-electron chi connectivity index (χ3n) is 5.96. The van der Waals surface area contributed by atoms with Gasteiger partial charge in [0.05, 0.1) is 12.6 Å². The lowest BCUT2D eigenvalue weighted by atomic mass is 9.92. The first-order chi connectivity index (χ1) is 16.2. The topological polar surface area (TPSA) is 84.8 Å². The molecule has 0 bridgehead atoms. The second-order valence-electron chi connectivity index (χ2n) is 7.91. The number of methoxy groups -OCH3 is 1. The number of aliphatic carboxylic acids is 1. The largest absolute Gasteiger partial charge is 0.493 e. The first-order valence-electron chi connectivity index (χ1n) is 10.7. The van der Waals surface area contributed by atoms with Gasteiger partial charge in [-0.1, -0.05) is 48.5 Å². The third-order valence-corrected chi connectivity index (χ3v) is 5.96. The van der Waals surface area contributed by atoms with Crippen LogP contribution in [0.1, 0.15) is 16.7 Å². The molecule has 1 aliphatic heterocycles. The van der Waals surface area contributed by atoms with E-state index in [0.717, 1.165) is 27.6 Å². The van der Waals surface area contributed by atoms with Gasteiger partial charge in [-0.05, 0) is 29.3 Å². The van der Waals surface area contributed by atoms with E-state index in [-0.39, 0.29) is 6.42 Å². The molecule has 0 spiro atoms. The molecule has 0 unspecified atom stereocenters. The molecule has 33 heavy (non-hydrogen) atoms. The van der Waals surface area contributed by atoms with Gasteiger partial charge in [0.15, 0.2) is 11.5 Å². The summed E-state index contributed by atoms with van der Waals surface area (Å²) < 4.78 is 11.7. The molecule has 2 heterocycles. The molecule has 0 amide bonds. The minimum absolute atomic E-state index is 0.268. The van der Waals surface area contributed by atoms with Crippen molar-refractivity contribution >= 4 is 22.7 Å². The molecule has 5 rings (SSSR count). The average Bonchev–Trinajstić information content (AvgIpc) is 2.86. The smallest absolute Gasteiger partial charge is 0.326 e. The highest BCUT2D eigenvalue weighted by Gasteiger charge is 2.35. The van der Waals surface area contributed by atoms with Crippen LogP contribution >= 0.6 is 0 Å². The molecule has 166 valence electrons. The highest BCUT2D eigenvalue weighted by molar-refractivity contribution is 5.92. The van der Waals surface area contributed by atoms with Gasteiger partial charge in [-0.15, -0.1) is 0 Å². The summed E-state index contributed by atoms with van der Waals surface area (Å²) >= 11 is 0. The first-order valence-corrected chi connectivity index (χ1v) is 10.7. The number of hydrogen-bond donors (Lipinski definition) is 1. The zero-order valence-corrected chi connectivity index (χ0v) is 18.1. The average molecular weight is 441 g/mol. The Morgan fingerprint density at radius 3 is 2.64 bits per heavy atom. The molecule has 0 saturated heterocycles. The van der Waals surface area contributed by atoms with E-state index in [2.05, 4.69) is 9.97 Å². The van der Waals surface area contributed by atoms with Gasteiger partial charge in [-0.3, -0.25) is 0 Å². The molecule has 0 saturated carbocycles. The second-order valence-corrected chi connectivity index (χ2v) is 7.91. The first kappa shape index (κ1) is 20.8. The number of rotatable bonds is 6. The summed E-state index contributed by atoms with van der Waals surface area (Å²) in [7, 11) is 1.59. The fourth-order valence-electron chi connectivity index (χ4n) is 4.33. The lowest BCUT2D eigenvalue weighted by molar-refractivity contribution is -0.138. The van der Waals surface area contributed by atoms with Gasteiger partial charge in [0.2, 0.25) is 0 Å². The number of para-hydroxylation sites is 1. The van der Waals surface area contributed by atoms with Crippen molar-refractivity contribution in [3.05, 3.63) is 89.7 Å². The Labute approximate surface area is 191 Å². The summed E-state index contributed by atoms with van der Waals surface area (Å²) in [6.45, 7) is 0.755. The predicted octanol–water partition coefficient (Wildman–Crippen LogP) is 4.23. The fraction of sp³-hybridized carbons (Fsp3) is 0.192. The number of benzene rings is 3. The molecule has 1 N–H and O–H groups in total. The number of fused-ring (bicyclic) bond motifs is 2. The maximum absolute atomic E-state index is 12.4. The number of carboxylic acids is 1. The molecule has 0 aliphatic carbocycles. The predicted molar refractivity (Wildman–Crippen MR) is 125 cm³/mol. The molecule has 1 atom stereocenters. The Kier molecular flexibility index (Phi) is 5.52. The van der Waals surface area contributed by atoms with Crippen molar-refractivity contribution in [3.63, 3.8) is 0 Å². The van der Waals surface area contributed by atoms with Gasteiger partial charge >= 0.3 is 5.97 Å². The van der Waals surface area contributed by atoms with Crippen molar-refractivity contribution in [1.29, 1.82) is 0 Å². The lowest BCUT2D eigenvalue weighted by Crippen LogP contribution is -2.46. The standard InChI is InChI=1S/C26H23N3O4/c1-32-23-12-11-18-14-29(25-19-9-5-6-10-21(19)27-16-28-25)22(26(30)31)13-20(18)24(23)33-15-17-7-3-2-4-8-17/h2-12,16,22H,13-15H2,1H3,(H,30,31)/t22-/m0/s1. The summed E-state index contributed by atoms with van der Waals surface area (Å²) in [6.07, 6.45) is 1.75. The molecule has 7 heteroatoms. The van der Waals surface area contributed by atoms with Crippen molar-refractivity contribution in [2.75, 3.05) is 12.0 Å². The quantitative estimate of drug-likeness (QED) is 0.479. The molecule has 4 aromatic rings. The van der Waals surface area contributed by atoms with Gasteiger partial charge in [0.1, 0.15) is 24.8 Å². The lowest BCUT2D eigenvalue weighted by Gasteiger charge is -2.36. The van der Waals surface area contributed by atoms with Crippen LogP contribution in [0, 0.1) is 0 Å². The normalized spacial score (nSPS) is 15.2. The number of nitrogens with zero attached hydrogens (tertiary/aromatic N) is 3. The van der Waals surface area contributed by atoms with E-state index in [0.29, 0.717) is 30.5 Å². The zero-order valence-electron chi connectivity index (χ0n) is 18.1. The molecular weight excluding hydrogens is 418 g/mol. The van der Waals surface area contributed by atoms with Gasteiger partial charge in [0, 0.05) is 23.9 Å². The minimum Gasteiger partial charge on any atom is -0.493 e. The van der Waals surface area contributed by atoms with Crippen molar-refractivity contribution in [2.45, 2.75) is 25.6 Å². The van der Waals surface area contributed by atoms with E-state index in [4.69, 9.17) is 9.47 Å². The number of ether oxygens (including phenoxy) is 2. The Bertz CT molecular complexity index is 1300. The van der Waals surface area contributed by atoms with Crippen LogP contribution in [-0.4, -0.2) is 34.2 Å². The molecule has 1 aromatic heterocycles. The van der Waals surface area contributed by atoms with E-state index >= 15 is 0 Å². The van der Waals surface area contributed by atoms with Crippen LogP contribution in [-0.2, 0) is 24.4 Å². The van der Waals surface area contributed by atoms with E-state index in [9.17, 15) is 9.90 Å². The van der Waals surface area contributed by atoms with Crippen molar-refractivity contribution < 1.29 is 19.4 Å². The van der Waals surface area contributed by atoms with E-state index in [1.807, 2.05) is 71.6 Å². The Hall–Kier alpha value is -4.13. The number of hydrogen-bond acceptors (Lipinski definition) is 6. The molecule has 7 nitrogen and oxygen atoms in total. The Morgan fingerprint density at radius 1 is 1.06 bits per heavy atom. The van der Waals surface area contributed by atoms with Gasteiger partial charge < -0.3 is 19.5 Å². The van der Waals surface area contributed by atoms with Crippen LogP contribution in [0.15, 0.2) is 73.1 Å². The number of carbonyl (C=O) groups is 1. The van der Waals surface area contributed by atoms with Crippen molar-refractivity contribution in [1.82, 2.24) is 9.97 Å². The fourth-order valence-corrected chi connectivity index (χ4v) is 4.33. The highest BCUT2D eigenvalue weighted by Crippen LogP contribution is 2.40. The van der Waals surface area contributed by atoms with Crippen LogP contribution in [0.2, 0.25) is 0 Å². The van der Waals surface area contributed by atoms with Crippen LogP contribution in [0.4, 0.5) is 5.82 Å². The minimum atomic E-state index is -0.917. The summed E-state index contributed by atoms with van der Waals surface area (Å²) in [5.41, 5.74) is 3.64. The monoisotopic (exact) mass is 441 g/mol. The van der Waals surface area contributed by atoms with Crippen molar-refractivity contribution in [2.24, 2.45) is 0 Å². The maximum Gasteiger partial charge on any atom is 0.326 e. The molecule has 0 fully saturated rings. The van der Waals surface area contributed by atoms with Crippen LogP contribution in [0.3, 0.4) is 0 Å². The molecule has 0 radical (unpaired) electrons. The number of aromatic nitrogens is 2. The summed E-state index contributed by atoms with van der Waals surface area (Å²) in [4.78, 5) is 23.0. The van der Waals surface area contributed by atoms with Crippen LogP contribution in [0.5, 0.6) is 11.5 Å². The van der Waals surface area contributed by atoms with Gasteiger partial charge in [-0.2, -0.15) is 0 Å². The van der Waals surface area contributed by atoms with Crippen molar-refractivity contribution in [3.8, 4) is 11.5 Å². The van der Waals surface area contributed by atoms with Gasteiger partial charge in [-0.25, -0.2) is 14.8 Å². The summed E-state index contributed by atoms with van der Waals surface area (Å²) in [5, 5.41) is 11.0. The van der Waals surface area contributed by atoms with E-state index in [1.165, 1.54) is 6.33 Å². The SMILES string of the molecule is COc1ccc2c(c1OCc1ccccc1)C[C@@H](C(=O)O)N(c1ncnc3ccccc13)C2. The number of carboxylic acid groups (broad SMARTS) is 1. The Balaban J connectivity index is 1.55. The molecule has 1 aliphatic rings. The molecule has 3 aromatic carbocycles. The maximum atomic E-state index is 12.4. The van der Waals surface area contributed by atoms with E-state index in [1.54, 1.807) is 7.11 Å². The van der Waals surface area contributed by atoms with Crippen LogP contribution in [0.25, 0.3) is 10.9 Å². The Morgan fingerprint density at radius 2 is 1.85 bits per heavy atom. The third kappa shape index (κ3) is 3.93. The van der Waals surface area contributed by atoms with E-state index < -0.39 is 12.0 Å². The van der Waals surface area contributed by atoms with Gasteiger partial charge in [0.25, 0.3) is 0 Å².